The lowest BCUT2D eigenvalue weighted by Gasteiger charge is -2.28. The van der Waals surface area contributed by atoms with Gasteiger partial charge in [-0.15, -0.1) is 0 Å². The molecule has 1 heterocycles. The van der Waals surface area contributed by atoms with Gasteiger partial charge in [0.05, 0.1) is 0 Å². The quantitative estimate of drug-likeness (QED) is 0.271. The standard InChI is InChI=1S/C31H36N4O2/c1-4-18-35(31(37)33-28-16-10-11-23(2)24(28)3)22-30(36)34(21-25-12-6-5-7-13-25)19-17-26-20-32-29-15-9-8-14-27(26)29/h5-16,20,32H,4,17-19,21-22H2,1-3H3,(H,33,37). The molecule has 0 spiro atoms. The molecule has 0 aliphatic carbocycles. The first-order valence-corrected chi connectivity index (χ1v) is 12.9. The molecule has 6 heteroatoms. The summed E-state index contributed by atoms with van der Waals surface area (Å²) in [7, 11) is 0. The molecular formula is C31H36N4O2. The van der Waals surface area contributed by atoms with Crippen molar-refractivity contribution in [3.05, 3.63) is 101 Å². The summed E-state index contributed by atoms with van der Waals surface area (Å²) >= 11 is 0. The molecule has 0 atom stereocenters. The number of nitrogens with zero attached hydrogens (tertiary/aromatic N) is 2. The first-order valence-electron chi connectivity index (χ1n) is 12.9. The number of rotatable bonds is 10. The molecule has 0 unspecified atom stereocenters. The normalized spacial score (nSPS) is 10.9. The summed E-state index contributed by atoms with van der Waals surface area (Å²) in [5, 5.41) is 4.19. The van der Waals surface area contributed by atoms with Gasteiger partial charge in [-0.25, -0.2) is 4.79 Å². The number of anilines is 1. The van der Waals surface area contributed by atoms with Crippen LogP contribution < -0.4 is 5.32 Å². The smallest absolute Gasteiger partial charge is 0.322 e. The number of nitrogens with one attached hydrogen (secondary N) is 2. The highest BCUT2D eigenvalue weighted by molar-refractivity contribution is 5.93. The van der Waals surface area contributed by atoms with Crippen LogP contribution in [0.3, 0.4) is 0 Å². The third-order valence-electron chi connectivity index (χ3n) is 6.85. The van der Waals surface area contributed by atoms with Gasteiger partial charge in [0.15, 0.2) is 0 Å². The number of carbonyl (C=O) groups is 2. The lowest BCUT2D eigenvalue weighted by molar-refractivity contribution is -0.132. The van der Waals surface area contributed by atoms with Gasteiger partial charge >= 0.3 is 6.03 Å². The molecule has 0 fully saturated rings. The van der Waals surface area contributed by atoms with Gasteiger partial charge in [0.2, 0.25) is 5.91 Å². The van der Waals surface area contributed by atoms with Crippen LogP contribution in [0.5, 0.6) is 0 Å². The molecule has 0 aliphatic heterocycles. The summed E-state index contributed by atoms with van der Waals surface area (Å²) in [5.74, 6) is -0.0618. The minimum Gasteiger partial charge on any atom is -0.361 e. The van der Waals surface area contributed by atoms with E-state index in [4.69, 9.17) is 0 Å². The molecule has 1 aromatic heterocycles. The highest BCUT2D eigenvalue weighted by atomic mass is 16.2. The zero-order chi connectivity index (χ0) is 26.2. The van der Waals surface area contributed by atoms with Crippen molar-refractivity contribution >= 4 is 28.5 Å². The number of aryl methyl sites for hydroxylation is 1. The molecule has 192 valence electrons. The van der Waals surface area contributed by atoms with Crippen molar-refractivity contribution in [1.29, 1.82) is 0 Å². The molecule has 0 aliphatic rings. The van der Waals surface area contributed by atoms with Gasteiger partial charge in [0, 0.05) is 42.4 Å². The van der Waals surface area contributed by atoms with E-state index in [1.807, 2.05) is 92.5 Å². The molecule has 4 aromatic rings. The first-order chi connectivity index (χ1) is 18.0. The van der Waals surface area contributed by atoms with Crippen LogP contribution in [-0.2, 0) is 17.8 Å². The van der Waals surface area contributed by atoms with Gasteiger partial charge < -0.3 is 20.1 Å². The van der Waals surface area contributed by atoms with Crippen molar-refractivity contribution in [2.24, 2.45) is 0 Å². The molecule has 2 N–H and O–H groups in total. The SMILES string of the molecule is CCCN(CC(=O)N(CCc1c[nH]c2ccccc12)Cc1ccccc1)C(=O)Nc1cccc(C)c1C. The molecule has 37 heavy (non-hydrogen) atoms. The lowest BCUT2D eigenvalue weighted by atomic mass is 10.1. The van der Waals surface area contributed by atoms with Crippen molar-refractivity contribution in [3.8, 4) is 0 Å². The van der Waals surface area contributed by atoms with Crippen molar-refractivity contribution in [3.63, 3.8) is 0 Å². The van der Waals surface area contributed by atoms with Crippen LogP contribution in [0, 0.1) is 13.8 Å². The molecule has 3 amide bonds. The van der Waals surface area contributed by atoms with Crippen molar-refractivity contribution in [1.82, 2.24) is 14.8 Å². The summed E-state index contributed by atoms with van der Waals surface area (Å²) in [6, 6.07) is 23.8. The zero-order valence-corrected chi connectivity index (χ0v) is 22.0. The van der Waals surface area contributed by atoms with Gasteiger partial charge in [0.1, 0.15) is 6.54 Å². The molecule has 0 saturated carbocycles. The fourth-order valence-electron chi connectivity index (χ4n) is 4.56. The maximum absolute atomic E-state index is 13.6. The van der Waals surface area contributed by atoms with E-state index in [0.29, 0.717) is 19.6 Å². The maximum Gasteiger partial charge on any atom is 0.322 e. The second kappa shape index (κ2) is 12.3. The van der Waals surface area contributed by atoms with E-state index < -0.39 is 0 Å². The molecular weight excluding hydrogens is 460 g/mol. The molecule has 3 aromatic carbocycles. The number of carbonyl (C=O) groups excluding carboxylic acids is 2. The van der Waals surface area contributed by atoms with Crippen LogP contribution in [-0.4, -0.2) is 46.4 Å². The van der Waals surface area contributed by atoms with E-state index in [0.717, 1.165) is 40.7 Å². The predicted octanol–water partition coefficient (Wildman–Crippen LogP) is 6.30. The Kier molecular flexibility index (Phi) is 8.62. The van der Waals surface area contributed by atoms with Gasteiger partial charge in [-0.2, -0.15) is 0 Å². The fraction of sp³-hybridized carbons (Fsp3) is 0.290. The van der Waals surface area contributed by atoms with Crippen molar-refractivity contribution < 1.29 is 9.59 Å². The Morgan fingerprint density at radius 3 is 2.41 bits per heavy atom. The minimum atomic E-state index is -0.250. The van der Waals surface area contributed by atoms with Crippen LogP contribution in [0.15, 0.2) is 79.0 Å². The second-order valence-corrected chi connectivity index (χ2v) is 9.51. The van der Waals surface area contributed by atoms with Gasteiger partial charge in [0.25, 0.3) is 0 Å². The highest BCUT2D eigenvalue weighted by Gasteiger charge is 2.22. The number of benzene rings is 3. The van der Waals surface area contributed by atoms with Crippen LogP contribution in [0.1, 0.15) is 35.6 Å². The summed E-state index contributed by atoms with van der Waals surface area (Å²) in [6.07, 6.45) is 3.52. The Morgan fingerprint density at radius 1 is 0.865 bits per heavy atom. The fourth-order valence-corrected chi connectivity index (χ4v) is 4.56. The third-order valence-corrected chi connectivity index (χ3v) is 6.85. The molecule has 6 nitrogen and oxygen atoms in total. The monoisotopic (exact) mass is 496 g/mol. The number of para-hydroxylation sites is 1. The summed E-state index contributed by atoms with van der Waals surface area (Å²) in [4.78, 5) is 33.7. The van der Waals surface area contributed by atoms with Gasteiger partial charge in [-0.3, -0.25) is 4.79 Å². The molecule has 0 radical (unpaired) electrons. The van der Waals surface area contributed by atoms with Crippen LogP contribution in [0.4, 0.5) is 10.5 Å². The van der Waals surface area contributed by atoms with E-state index in [2.05, 4.69) is 22.4 Å². The van der Waals surface area contributed by atoms with Crippen molar-refractivity contribution in [2.45, 2.75) is 40.2 Å². The number of hydrogen-bond acceptors (Lipinski definition) is 2. The second-order valence-electron chi connectivity index (χ2n) is 9.51. The number of urea groups is 1. The van der Waals surface area contributed by atoms with E-state index in [1.165, 1.54) is 10.9 Å². The Labute approximate surface area is 219 Å². The van der Waals surface area contributed by atoms with Crippen LogP contribution >= 0.6 is 0 Å². The van der Waals surface area contributed by atoms with E-state index in [-0.39, 0.29) is 18.5 Å². The maximum atomic E-state index is 13.6. The van der Waals surface area contributed by atoms with E-state index in [1.54, 1.807) is 4.90 Å². The Bertz CT molecular complexity index is 1350. The van der Waals surface area contributed by atoms with Gasteiger partial charge in [-0.05, 0) is 61.1 Å². The van der Waals surface area contributed by atoms with E-state index in [9.17, 15) is 9.59 Å². The van der Waals surface area contributed by atoms with Crippen molar-refractivity contribution in [2.75, 3.05) is 25.0 Å². The van der Waals surface area contributed by atoms with Crippen LogP contribution in [0.25, 0.3) is 10.9 Å². The summed E-state index contributed by atoms with van der Waals surface area (Å²) in [5.41, 5.74) is 6.26. The number of H-pyrrole nitrogens is 1. The van der Waals surface area contributed by atoms with Crippen LogP contribution in [0.2, 0.25) is 0 Å². The lowest BCUT2D eigenvalue weighted by Crippen LogP contribution is -2.45. The Balaban J connectivity index is 1.49. The topological polar surface area (TPSA) is 68.4 Å². The minimum absolute atomic E-state index is 0.0330. The Hall–Kier alpha value is -4.06. The average molecular weight is 497 g/mol. The summed E-state index contributed by atoms with van der Waals surface area (Å²) in [6.45, 7) is 7.63. The zero-order valence-electron chi connectivity index (χ0n) is 22.0. The predicted molar refractivity (Wildman–Crippen MR) is 151 cm³/mol. The molecule has 0 bridgehead atoms. The molecule has 0 saturated heterocycles. The number of fused-ring (bicyclic) bond motifs is 1. The first kappa shape index (κ1) is 26.0. The molecule has 4 rings (SSSR count). The average Bonchev–Trinajstić information content (AvgIpc) is 3.32. The Morgan fingerprint density at radius 2 is 1.62 bits per heavy atom. The number of aromatic amines is 1. The number of amides is 3. The van der Waals surface area contributed by atoms with E-state index >= 15 is 0 Å². The number of aromatic nitrogens is 1. The number of hydrogen-bond donors (Lipinski definition) is 2. The highest BCUT2D eigenvalue weighted by Crippen LogP contribution is 2.20. The summed E-state index contributed by atoms with van der Waals surface area (Å²) < 4.78 is 0. The van der Waals surface area contributed by atoms with Gasteiger partial charge in [-0.1, -0.05) is 67.6 Å². The third kappa shape index (κ3) is 6.58. The largest absolute Gasteiger partial charge is 0.361 e.